The number of ether oxygens (including phenoxy) is 1. The smallest absolute Gasteiger partial charge is 0.322 e. The fourth-order valence-corrected chi connectivity index (χ4v) is 1.17. The lowest BCUT2D eigenvalue weighted by Gasteiger charge is -2.12. The van der Waals surface area contributed by atoms with Crippen molar-refractivity contribution < 1.29 is 9.53 Å². The van der Waals surface area contributed by atoms with E-state index in [0.29, 0.717) is 0 Å². The molecule has 0 aliphatic carbocycles. The number of unbranched alkanes of at least 4 members (excludes halogenated alkanes) is 1. The van der Waals surface area contributed by atoms with Gasteiger partial charge in [-0.2, -0.15) is 0 Å². The standard InChI is InChI=1S/C9H20N2O2/c1-10-7-5-4-6-8(11-2)9(12)13-3/h8,10-11H,4-7H2,1-3H3/t8-/m0/s1. The number of carbonyl (C=O) groups excluding carboxylic acids is 1. The van der Waals surface area contributed by atoms with Crippen LogP contribution in [0.5, 0.6) is 0 Å². The molecule has 4 heteroatoms. The molecular formula is C9H20N2O2. The minimum Gasteiger partial charge on any atom is -0.468 e. The highest BCUT2D eigenvalue weighted by atomic mass is 16.5. The minimum atomic E-state index is -0.174. The molecule has 0 aromatic carbocycles. The number of likely N-dealkylation sites (N-methyl/N-ethyl adjacent to an activating group) is 1. The molecule has 13 heavy (non-hydrogen) atoms. The van der Waals surface area contributed by atoms with E-state index in [4.69, 9.17) is 0 Å². The molecular weight excluding hydrogens is 168 g/mol. The van der Waals surface area contributed by atoms with Gasteiger partial charge in [-0.1, -0.05) is 6.42 Å². The first-order valence-corrected chi connectivity index (χ1v) is 4.66. The van der Waals surface area contributed by atoms with E-state index in [9.17, 15) is 4.79 Å². The van der Waals surface area contributed by atoms with Crippen LogP contribution in [-0.2, 0) is 9.53 Å². The zero-order chi connectivity index (χ0) is 10.1. The maximum atomic E-state index is 11.1. The second-order valence-electron chi connectivity index (χ2n) is 2.96. The Morgan fingerprint density at radius 3 is 2.54 bits per heavy atom. The molecule has 0 aromatic heterocycles. The monoisotopic (exact) mass is 188 g/mol. The van der Waals surface area contributed by atoms with Crippen LogP contribution in [0.2, 0.25) is 0 Å². The van der Waals surface area contributed by atoms with Crippen LogP contribution >= 0.6 is 0 Å². The van der Waals surface area contributed by atoms with E-state index in [0.717, 1.165) is 25.8 Å². The van der Waals surface area contributed by atoms with Crippen molar-refractivity contribution in [2.75, 3.05) is 27.7 Å². The number of carbonyl (C=O) groups is 1. The Kier molecular flexibility index (Phi) is 7.63. The molecule has 0 fully saturated rings. The van der Waals surface area contributed by atoms with Crippen molar-refractivity contribution in [3.05, 3.63) is 0 Å². The summed E-state index contributed by atoms with van der Waals surface area (Å²) in [5.74, 6) is -0.174. The molecule has 0 saturated carbocycles. The summed E-state index contributed by atoms with van der Waals surface area (Å²) in [5.41, 5.74) is 0. The summed E-state index contributed by atoms with van der Waals surface area (Å²) in [6.45, 7) is 0.998. The number of hydrogen-bond acceptors (Lipinski definition) is 4. The van der Waals surface area contributed by atoms with Crippen LogP contribution in [0.3, 0.4) is 0 Å². The van der Waals surface area contributed by atoms with Gasteiger partial charge in [0.2, 0.25) is 0 Å². The van der Waals surface area contributed by atoms with Crippen molar-refractivity contribution in [1.29, 1.82) is 0 Å². The molecule has 2 N–H and O–H groups in total. The zero-order valence-corrected chi connectivity index (χ0v) is 8.72. The summed E-state index contributed by atoms with van der Waals surface area (Å²) in [6.07, 6.45) is 2.96. The van der Waals surface area contributed by atoms with E-state index in [1.165, 1.54) is 7.11 Å². The van der Waals surface area contributed by atoms with Crippen LogP contribution in [0.25, 0.3) is 0 Å². The average molecular weight is 188 g/mol. The third-order valence-corrected chi connectivity index (χ3v) is 2.00. The molecule has 0 aliphatic heterocycles. The van der Waals surface area contributed by atoms with E-state index in [1.54, 1.807) is 7.05 Å². The molecule has 78 valence electrons. The second kappa shape index (κ2) is 8.01. The van der Waals surface area contributed by atoms with Crippen molar-refractivity contribution >= 4 is 5.97 Å². The fourth-order valence-electron chi connectivity index (χ4n) is 1.17. The van der Waals surface area contributed by atoms with Crippen LogP contribution in [-0.4, -0.2) is 39.8 Å². The van der Waals surface area contributed by atoms with Gasteiger partial charge in [0, 0.05) is 0 Å². The van der Waals surface area contributed by atoms with Gasteiger partial charge in [-0.05, 0) is 33.5 Å². The molecule has 0 aromatic rings. The van der Waals surface area contributed by atoms with Gasteiger partial charge in [0.1, 0.15) is 6.04 Å². The van der Waals surface area contributed by atoms with E-state index in [2.05, 4.69) is 15.4 Å². The van der Waals surface area contributed by atoms with Crippen LogP contribution in [0.4, 0.5) is 0 Å². The molecule has 0 bridgehead atoms. The number of methoxy groups -OCH3 is 1. The first-order valence-electron chi connectivity index (χ1n) is 4.66. The molecule has 0 spiro atoms. The zero-order valence-electron chi connectivity index (χ0n) is 8.72. The summed E-state index contributed by atoms with van der Waals surface area (Å²) in [4.78, 5) is 11.1. The first-order chi connectivity index (χ1) is 6.26. The van der Waals surface area contributed by atoms with Gasteiger partial charge >= 0.3 is 5.97 Å². The maximum Gasteiger partial charge on any atom is 0.322 e. The van der Waals surface area contributed by atoms with Gasteiger partial charge in [0.15, 0.2) is 0 Å². The Morgan fingerprint density at radius 2 is 2.08 bits per heavy atom. The van der Waals surface area contributed by atoms with Gasteiger partial charge in [0.25, 0.3) is 0 Å². The molecule has 0 heterocycles. The number of rotatable bonds is 7. The van der Waals surface area contributed by atoms with E-state index in [-0.39, 0.29) is 12.0 Å². The molecule has 0 saturated heterocycles. The normalized spacial score (nSPS) is 12.5. The van der Waals surface area contributed by atoms with Crippen LogP contribution in [0.1, 0.15) is 19.3 Å². The van der Waals surface area contributed by atoms with Crippen LogP contribution < -0.4 is 10.6 Å². The SMILES string of the molecule is CNCCCC[C@H](NC)C(=O)OC. The topological polar surface area (TPSA) is 50.4 Å². The summed E-state index contributed by atoms with van der Waals surface area (Å²) >= 11 is 0. The Balaban J connectivity index is 3.53. The lowest BCUT2D eigenvalue weighted by Crippen LogP contribution is -2.34. The minimum absolute atomic E-state index is 0.151. The van der Waals surface area contributed by atoms with Gasteiger partial charge in [-0.25, -0.2) is 0 Å². The predicted octanol–water partition coefficient (Wildman–Crippen LogP) is 0.137. The lowest BCUT2D eigenvalue weighted by molar-refractivity contribution is -0.143. The molecule has 4 nitrogen and oxygen atoms in total. The first kappa shape index (κ1) is 12.4. The van der Waals surface area contributed by atoms with Gasteiger partial charge < -0.3 is 15.4 Å². The molecule has 0 radical (unpaired) electrons. The molecule has 0 amide bonds. The maximum absolute atomic E-state index is 11.1. The van der Waals surface area contributed by atoms with Crippen LogP contribution in [0.15, 0.2) is 0 Å². The quantitative estimate of drug-likeness (QED) is 0.441. The summed E-state index contributed by atoms with van der Waals surface area (Å²) in [6, 6.07) is -0.151. The van der Waals surface area contributed by atoms with Gasteiger partial charge in [-0.15, -0.1) is 0 Å². The lowest BCUT2D eigenvalue weighted by atomic mass is 10.1. The highest BCUT2D eigenvalue weighted by Gasteiger charge is 2.15. The van der Waals surface area contributed by atoms with Crippen molar-refractivity contribution in [3.63, 3.8) is 0 Å². The Hall–Kier alpha value is -0.610. The average Bonchev–Trinajstić information content (AvgIpc) is 2.17. The molecule has 0 aliphatic rings. The van der Waals surface area contributed by atoms with Crippen molar-refractivity contribution in [2.45, 2.75) is 25.3 Å². The van der Waals surface area contributed by atoms with Crippen LogP contribution in [0, 0.1) is 0 Å². The number of hydrogen-bond donors (Lipinski definition) is 2. The summed E-state index contributed by atoms with van der Waals surface area (Å²) < 4.78 is 4.64. The van der Waals surface area contributed by atoms with E-state index < -0.39 is 0 Å². The Morgan fingerprint density at radius 1 is 1.38 bits per heavy atom. The highest BCUT2D eigenvalue weighted by molar-refractivity contribution is 5.75. The van der Waals surface area contributed by atoms with E-state index in [1.807, 2.05) is 7.05 Å². The van der Waals surface area contributed by atoms with E-state index >= 15 is 0 Å². The number of nitrogens with one attached hydrogen (secondary N) is 2. The Labute approximate surface area is 80.0 Å². The molecule has 0 rings (SSSR count). The fraction of sp³-hybridized carbons (Fsp3) is 0.889. The largest absolute Gasteiger partial charge is 0.468 e. The second-order valence-corrected chi connectivity index (χ2v) is 2.96. The highest BCUT2D eigenvalue weighted by Crippen LogP contribution is 2.01. The Bertz CT molecular complexity index is 140. The van der Waals surface area contributed by atoms with Gasteiger partial charge in [-0.3, -0.25) is 4.79 Å². The summed E-state index contributed by atoms with van der Waals surface area (Å²) in [5, 5.41) is 6.00. The van der Waals surface area contributed by atoms with Crippen molar-refractivity contribution in [1.82, 2.24) is 10.6 Å². The van der Waals surface area contributed by atoms with Crippen molar-refractivity contribution in [3.8, 4) is 0 Å². The van der Waals surface area contributed by atoms with Crippen molar-refractivity contribution in [2.24, 2.45) is 0 Å². The summed E-state index contributed by atoms with van der Waals surface area (Å²) in [7, 11) is 5.12. The predicted molar refractivity (Wildman–Crippen MR) is 52.6 cm³/mol. The third-order valence-electron chi connectivity index (χ3n) is 2.00. The molecule has 0 unspecified atom stereocenters. The molecule has 1 atom stereocenters. The third kappa shape index (κ3) is 5.60. The number of esters is 1. The van der Waals surface area contributed by atoms with Gasteiger partial charge in [0.05, 0.1) is 7.11 Å².